The molecule has 1 heterocycles. The van der Waals surface area contributed by atoms with E-state index < -0.39 is 16.0 Å². The zero-order valence-corrected chi connectivity index (χ0v) is 10.8. The van der Waals surface area contributed by atoms with Gasteiger partial charge in [-0.25, -0.2) is 13.1 Å². The summed E-state index contributed by atoms with van der Waals surface area (Å²) in [6.07, 6.45) is 1.82. The summed E-state index contributed by atoms with van der Waals surface area (Å²) in [5.41, 5.74) is 0. The second kappa shape index (κ2) is 6.32. The van der Waals surface area contributed by atoms with Gasteiger partial charge < -0.3 is 10.4 Å². The molecule has 7 heteroatoms. The lowest BCUT2D eigenvalue weighted by molar-refractivity contribution is -0.137. The fourth-order valence-electron chi connectivity index (χ4n) is 1.91. The van der Waals surface area contributed by atoms with Gasteiger partial charge in [0.2, 0.25) is 10.0 Å². The Hall–Kier alpha value is -0.660. The number of carboxylic acid groups (broad SMARTS) is 1. The molecule has 0 saturated carbocycles. The van der Waals surface area contributed by atoms with Gasteiger partial charge in [0.05, 0.1) is 5.75 Å². The first-order valence-electron chi connectivity index (χ1n) is 5.86. The molecule has 0 bridgehead atoms. The summed E-state index contributed by atoms with van der Waals surface area (Å²) in [5.74, 6) is -1.09. The lowest BCUT2D eigenvalue weighted by atomic mass is 10.0. The lowest BCUT2D eigenvalue weighted by Gasteiger charge is -2.30. The van der Waals surface area contributed by atoms with Gasteiger partial charge in [0.1, 0.15) is 0 Å². The van der Waals surface area contributed by atoms with Gasteiger partial charge in [0.15, 0.2) is 0 Å². The second-order valence-corrected chi connectivity index (χ2v) is 6.30. The van der Waals surface area contributed by atoms with E-state index in [2.05, 4.69) is 10.0 Å². The average molecular weight is 264 g/mol. The Kier molecular flexibility index (Phi) is 5.35. The molecule has 17 heavy (non-hydrogen) atoms. The first-order chi connectivity index (χ1) is 7.91. The minimum Gasteiger partial charge on any atom is -0.481 e. The number of nitrogens with one attached hydrogen (secondary N) is 2. The van der Waals surface area contributed by atoms with Crippen molar-refractivity contribution in [2.75, 3.05) is 12.3 Å². The number of aliphatic carboxylic acids is 1. The third kappa shape index (κ3) is 5.47. The summed E-state index contributed by atoms with van der Waals surface area (Å²) in [7, 11) is -3.36. The molecular weight excluding hydrogens is 244 g/mol. The van der Waals surface area contributed by atoms with E-state index in [-0.39, 0.29) is 30.7 Å². The Morgan fingerprint density at radius 2 is 2.24 bits per heavy atom. The molecule has 0 aromatic rings. The maximum absolute atomic E-state index is 11.7. The van der Waals surface area contributed by atoms with E-state index in [4.69, 9.17) is 5.11 Å². The maximum atomic E-state index is 11.7. The fourth-order valence-corrected chi connectivity index (χ4v) is 3.33. The van der Waals surface area contributed by atoms with Crippen LogP contribution in [0.25, 0.3) is 0 Å². The van der Waals surface area contributed by atoms with Crippen LogP contribution in [0.3, 0.4) is 0 Å². The molecule has 0 radical (unpaired) electrons. The van der Waals surface area contributed by atoms with E-state index in [0.717, 1.165) is 19.4 Å². The summed E-state index contributed by atoms with van der Waals surface area (Å²) < 4.78 is 26.0. The highest BCUT2D eigenvalue weighted by Crippen LogP contribution is 2.10. The van der Waals surface area contributed by atoms with Crippen molar-refractivity contribution in [3.8, 4) is 0 Å². The van der Waals surface area contributed by atoms with E-state index in [1.54, 1.807) is 0 Å². The molecule has 2 unspecified atom stereocenters. The van der Waals surface area contributed by atoms with Gasteiger partial charge in [-0.05, 0) is 32.7 Å². The van der Waals surface area contributed by atoms with Crippen molar-refractivity contribution in [2.24, 2.45) is 0 Å². The van der Waals surface area contributed by atoms with E-state index in [1.165, 1.54) is 0 Å². The van der Waals surface area contributed by atoms with Crippen LogP contribution in [0.5, 0.6) is 0 Å². The third-order valence-corrected chi connectivity index (χ3v) is 4.38. The van der Waals surface area contributed by atoms with Crippen LogP contribution in [-0.4, -0.2) is 43.9 Å². The van der Waals surface area contributed by atoms with Crippen LogP contribution >= 0.6 is 0 Å². The second-order valence-electron chi connectivity index (χ2n) is 4.43. The summed E-state index contributed by atoms with van der Waals surface area (Å²) in [5, 5.41) is 11.7. The van der Waals surface area contributed by atoms with Crippen LogP contribution in [-0.2, 0) is 14.8 Å². The van der Waals surface area contributed by atoms with Crippen molar-refractivity contribution in [1.29, 1.82) is 0 Å². The van der Waals surface area contributed by atoms with Gasteiger partial charge in [0, 0.05) is 18.5 Å². The van der Waals surface area contributed by atoms with Gasteiger partial charge >= 0.3 is 5.97 Å². The summed E-state index contributed by atoms with van der Waals surface area (Å²) in [6.45, 7) is 2.86. The van der Waals surface area contributed by atoms with Gasteiger partial charge in [-0.15, -0.1) is 0 Å². The number of hydrogen-bond acceptors (Lipinski definition) is 4. The number of sulfonamides is 1. The highest BCUT2D eigenvalue weighted by atomic mass is 32.2. The highest BCUT2D eigenvalue weighted by molar-refractivity contribution is 7.89. The maximum Gasteiger partial charge on any atom is 0.303 e. The van der Waals surface area contributed by atoms with Crippen LogP contribution in [0.1, 0.15) is 32.6 Å². The Balaban J connectivity index is 2.39. The van der Waals surface area contributed by atoms with Crippen LogP contribution in [0.2, 0.25) is 0 Å². The Bertz CT molecular complexity index is 355. The monoisotopic (exact) mass is 264 g/mol. The third-order valence-electron chi connectivity index (χ3n) is 2.90. The van der Waals surface area contributed by atoms with Crippen LogP contribution in [0.15, 0.2) is 0 Å². The van der Waals surface area contributed by atoms with Gasteiger partial charge in [0.25, 0.3) is 0 Å². The zero-order chi connectivity index (χ0) is 12.9. The van der Waals surface area contributed by atoms with Crippen molar-refractivity contribution < 1.29 is 18.3 Å². The number of carboxylic acids is 1. The first kappa shape index (κ1) is 14.4. The van der Waals surface area contributed by atoms with Crippen LogP contribution < -0.4 is 10.0 Å². The summed E-state index contributed by atoms with van der Waals surface area (Å²) >= 11 is 0. The first-order valence-corrected chi connectivity index (χ1v) is 7.51. The van der Waals surface area contributed by atoms with Gasteiger partial charge in [-0.1, -0.05) is 0 Å². The molecule has 0 aromatic carbocycles. The minimum absolute atomic E-state index is 0.0846. The van der Waals surface area contributed by atoms with Crippen molar-refractivity contribution in [3.63, 3.8) is 0 Å². The molecule has 0 aliphatic carbocycles. The normalized spacial score (nSPS) is 25.7. The van der Waals surface area contributed by atoms with Crippen molar-refractivity contribution in [2.45, 2.75) is 44.7 Å². The molecular formula is C10H20N2O4S. The van der Waals surface area contributed by atoms with E-state index in [1.807, 2.05) is 6.92 Å². The Morgan fingerprint density at radius 1 is 1.53 bits per heavy atom. The number of rotatable bonds is 6. The Morgan fingerprint density at radius 3 is 2.82 bits per heavy atom. The lowest BCUT2D eigenvalue weighted by Crippen LogP contribution is -2.52. The Labute approximate surface area is 102 Å². The average Bonchev–Trinajstić information content (AvgIpc) is 2.20. The van der Waals surface area contributed by atoms with Gasteiger partial charge in [-0.3, -0.25) is 4.79 Å². The molecule has 1 saturated heterocycles. The predicted octanol–water partition coefficient (Wildman–Crippen LogP) is -0.0889. The molecule has 1 aliphatic heterocycles. The number of carbonyl (C=O) groups is 1. The smallest absolute Gasteiger partial charge is 0.303 e. The summed E-state index contributed by atoms with van der Waals surface area (Å²) in [6, 6.07) is 0.0385. The van der Waals surface area contributed by atoms with Crippen molar-refractivity contribution >= 4 is 16.0 Å². The molecule has 1 aliphatic rings. The van der Waals surface area contributed by atoms with E-state index in [0.29, 0.717) is 0 Å². The standard InChI is InChI=1S/C10H20N2O4S/c1-8-9(4-2-6-11-8)12-17(15,16)7-3-5-10(13)14/h8-9,11-12H,2-7H2,1H3,(H,13,14). The van der Waals surface area contributed by atoms with Crippen LogP contribution in [0.4, 0.5) is 0 Å². The molecule has 1 rings (SSSR count). The van der Waals surface area contributed by atoms with E-state index in [9.17, 15) is 13.2 Å². The SMILES string of the molecule is CC1NCCCC1NS(=O)(=O)CCCC(=O)O. The molecule has 3 N–H and O–H groups in total. The molecule has 6 nitrogen and oxygen atoms in total. The van der Waals surface area contributed by atoms with E-state index >= 15 is 0 Å². The molecule has 0 spiro atoms. The molecule has 0 amide bonds. The fraction of sp³-hybridized carbons (Fsp3) is 0.900. The van der Waals surface area contributed by atoms with Crippen molar-refractivity contribution in [3.05, 3.63) is 0 Å². The topological polar surface area (TPSA) is 95.5 Å². The zero-order valence-electron chi connectivity index (χ0n) is 9.98. The van der Waals surface area contributed by atoms with Crippen molar-refractivity contribution in [1.82, 2.24) is 10.0 Å². The largest absolute Gasteiger partial charge is 0.481 e. The molecule has 0 aromatic heterocycles. The highest BCUT2D eigenvalue weighted by Gasteiger charge is 2.25. The quantitative estimate of drug-likeness (QED) is 0.623. The minimum atomic E-state index is -3.36. The molecule has 100 valence electrons. The number of piperidine rings is 1. The van der Waals surface area contributed by atoms with Crippen LogP contribution in [0, 0.1) is 0 Å². The summed E-state index contributed by atoms with van der Waals surface area (Å²) in [4.78, 5) is 10.3. The predicted molar refractivity (Wildman–Crippen MR) is 64.3 cm³/mol. The molecule has 1 fully saturated rings. The van der Waals surface area contributed by atoms with Gasteiger partial charge in [-0.2, -0.15) is 0 Å². The number of hydrogen-bond donors (Lipinski definition) is 3. The molecule has 2 atom stereocenters.